The Morgan fingerprint density at radius 2 is 1.61 bits per heavy atom. The van der Waals surface area contributed by atoms with Crippen LogP contribution >= 0.6 is 11.8 Å². The molecule has 2 saturated heterocycles. The van der Waals surface area contributed by atoms with E-state index in [0.29, 0.717) is 5.56 Å². The van der Waals surface area contributed by atoms with Gasteiger partial charge >= 0.3 is 12.0 Å². The van der Waals surface area contributed by atoms with Crippen molar-refractivity contribution in [2.45, 2.75) is 67.9 Å². The molecule has 5 atom stereocenters. The van der Waals surface area contributed by atoms with Crippen LogP contribution in [-0.4, -0.2) is 74.5 Å². The van der Waals surface area contributed by atoms with Crippen LogP contribution in [0.4, 0.5) is 4.79 Å². The SMILES string of the molecule is CC(C)NC(=O)N[C@H](Cc1ccccc1)C(=O)N[C@@H](C(=O)NCC1(C)S[C@@H]2CC(=O)N2[C@H]1C(=O)O)c1ccccc1. The minimum Gasteiger partial charge on any atom is -0.480 e. The van der Waals surface area contributed by atoms with Crippen LogP contribution in [0, 0.1) is 0 Å². The number of carbonyl (C=O) groups excluding carboxylic acids is 4. The Kier molecular flexibility index (Phi) is 9.21. The molecule has 2 heterocycles. The third-order valence-corrected chi connectivity index (χ3v) is 8.63. The van der Waals surface area contributed by atoms with Gasteiger partial charge in [0.2, 0.25) is 17.7 Å². The molecule has 5 amide bonds. The van der Waals surface area contributed by atoms with Gasteiger partial charge in [-0.2, -0.15) is 0 Å². The second-order valence-electron chi connectivity index (χ2n) is 10.7. The number of carbonyl (C=O) groups is 5. The molecule has 2 aliphatic heterocycles. The molecule has 41 heavy (non-hydrogen) atoms. The lowest BCUT2D eigenvalue weighted by molar-refractivity contribution is -0.157. The van der Waals surface area contributed by atoms with Crippen molar-refractivity contribution in [2.75, 3.05) is 6.54 Å². The summed E-state index contributed by atoms with van der Waals surface area (Å²) in [5.41, 5.74) is 1.34. The van der Waals surface area contributed by atoms with E-state index in [9.17, 15) is 29.1 Å². The molecule has 0 spiro atoms. The van der Waals surface area contributed by atoms with Crippen molar-refractivity contribution in [3.8, 4) is 0 Å². The summed E-state index contributed by atoms with van der Waals surface area (Å²) in [6, 6.07) is 14.0. The van der Waals surface area contributed by atoms with Gasteiger partial charge in [0.25, 0.3) is 0 Å². The molecule has 2 aromatic carbocycles. The Hall–Kier alpha value is -4.06. The maximum Gasteiger partial charge on any atom is 0.327 e. The van der Waals surface area contributed by atoms with Gasteiger partial charge in [0.1, 0.15) is 18.1 Å². The number of rotatable bonds is 11. The zero-order chi connectivity index (χ0) is 29.7. The van der Waals surface area contributed by atoms with E-state index in [1.807, 2.05) is 30.3 Å². The summed E-state index contributed by atoms with van der Waals surface area (Å²) in [7, 11) is 0. The standard InChI is InChI=1S/C29H35N5O6S/c1-17(2)31-28(40)32-20(14-18-10-6-4-7-11-18)25(36)33-23(19-12-8-5-9-13-19)26(37)30-16-29(3)24(27(38)39)34-21(35)15-22(34)41-29/h4-13,17,20,22-24H,14-16H2,1-3H3,(H,30,37)(H,33,36)(H,38,39)(H2,31,32,40)/t20-,22-,23-,24+,29?/m1/s1. The van der Waals surface area contributed by atoms with Crippen LogP contribution in [0.1, 0.15) is 44.4 Å². The fraction of sp³-hybridized carbons (Fsp3) is 0.414. The van der Waals surface area contributed by atoms with Crippen LogP contribution in [0.3, 0.4) is 0 Å². The monoisotopic (exact) mass is 581 g/mol. The third-order valence-electron chi connectivity index (χ3n) is 7.06. The predicted molar refractivity (Wildman–Crippen MR) is 154 cm³/mol. The number of aliphatic carboxylic acids is 1. The maximum absolute atomic E-state index is 13.6. The highest BCUT2D eigenvalue weighted by Crippen LogP contribution is 2.50. The molecule has 218 valence electrons. The first-order chi connectivity index (χ1) is 19.5. The average Bonchev–Trinajstić information content (AvgIpc) is 3.17. The third kappa shape index (κ3) is 6.99. The van der Waals surface area contributed by atoms with Crippen molar-refractivity contribution in [3.05, 3.63) is 71.8 Å². The van der Waals surface area contributed by atoms with Gasteiger partial charge in [-0.15, -0.1) is 11.8 Å². The summed E-state index contributed by atoms with van der Waals surface area (Å²) < 4.78 is -0.962. The summed E-state index contributed by atoms with van der Waals surface area (Å²) >= 11 is 1.35. The summed E-state index contributed by atoms with van der Waals surface area (Å²) in [6.07, 6.45) is 0.461. The molecule has 0 radical (unpaired) electrons. The highest BCUT2D eigenvalue weighted by Gasteiger charge is 2.60. The zero-order valence-corrected chi connectivity index (χ0v) is 23.9. The van der Waals surface area contributed by atoms with Crippen LogP contribution in [0.2, 0.25) is 0 Å². The Bertz CT molecular complexity index is 1290. The van der Waals surface area contributed by atoms with Gasteiger partial charge in [0, 0.05) is 19.0 Å². The minimum absolute atomic E-state index is 0.0323. The van der Waals surface area contributed by atoms with Crippen LogP contribution in [0.15, 0.2) is 60.7 Å². The van der Waals surface area contributed by atoms with Gasteiger partial charge in [-0.25, -0.2) is 9.59 Å². The van der Waals surface area contributed by atoms with E-state index in [4.69, 9.17) is 0 Å². The van der Waals surface area contributed by atoms with E-state index in [2.05, 4.69) is 21.3 Å². The first-order valence-corrected chi connectivity index (χ1v) is 14.3. The van der Waals surface area contributed by atoms with Crippen LogP contribution < -0.4 is 21.3 Å². The van der Waals surface area contributed by atoms with Crippen molar-refractivity contribution in [1.29, 1.82) is 0 Å². The lowest BCUT2D eigenvalue weighted by Crippen LogP contribution is -2.59. The van der Waals surface area contributed by atoms with Crippen LogP contribution in [-0.2, 0) is 25.6 Å². The number of β-lactam (4-membered cyclic amide) rings is 1. The molecular weight excluding hydrogens is 546 g/mol. The minimum atomic E-state index is -1.13. The van der Waals surface area contributed by atoms with Crippen LogP contribution in [0.25, 0.3) is 0 Å². The normalized spacial score (nSPS) is 22.6. The first-order valence-electron chi connectivity index (χ1n) is 13.4. The average molecular weight is 582 g/mol. The second kappa shape index (κ2) is 12.6. The molecule has 11 nitrogen and oxygen atoms in total. The number of nitrogens with one attached hydrogen (secondary N) is 4. The molecule has 0 aliphatic carbocycles. The van der Waals surface area contributed by atoms with Gasteiger partial charge in [-0.05, 0) is 31.9 Å². The summed E-state index contributed by atoms with van der Waals surface area (Å²) in [5, 5.41) is 20.7. The molecule has 5 N–H and O–H groups in total. The molecule has 0 bridgehead atoms. The predicted octanol–water partition coefficient (Wildman–Crippen LogP) is 1.80. The molecule has 2 aromatic rings. The van der Waals surface area contributed by atoms with E-state index >= 15 is 0 Å². The van der Waals surface area contributed by atoms with Crippen molar-refractivity contribution >= 4 is 41.5 Å². The molecule has 12 heteroatoms. The summed E-state index contributed by atoms with van der Waals surface area (Å²) in [4.78, 5) is 65.2. The number of nitrogens with zero attached hydrogens (tertiary/aromatic N) is 1. The number of carboxylic acids is 1. The molecule has 2 fully saturated rings. The molecule has 4 rings (SSSR count). The largest absolute Gasteiger partial charge is 0.480 e. The Labute approximate surface area is 242 Å². The summed E-state index contributed by atoms with van der Waals surface area (Å²) in [5.74, 6) is -2.46. The van der Waals surface area contributed by atoms with Crippen molar-refractivity contribution in [3.63, 3.8) is 0 Å². The lowest BCUT2D eigenvalue weighted by atomic mass is 9.96. The highest BCUT2D eigenvalue weighted by atomic mass is 32.2. The molecule has 2 aliphatic rings. The van der Waals surface area contributed by atoms with Gasteiger partial charge in [-0.1, -0.05) is 60.7 Å². The van der Waals surface area contributed by atoms with Crippen molar-refractivity contribution < 1.29 is 29.1 Å². The Balaban J connectivity index is 1.52. The zero-order valence-electron chi connectivity index (χ0n) is 23.1. The summed E-state index contributed by atoms with van der Waals surface area (Å²) in [6.45, 7) is 5.29. The van der Waals surface area contributed by atoms with Crippen molar-refractivity contribution in [2.24, 2.45) is 0 Å². The number of thioether (sulfide) groups is 1. The number of hydrogen-bond acceptors (Lipinski definition) is 6. The fourth-order valence-electron chi connectivity index (χ4n) is 5.07. The second-order valence-corrected chi connectivity index (χ2v) is 12.4. The van der Waals surface area contributed by atoms with Crippen molar-refractivity contribution in [1.82, 2.24) is 26.2 Å². The number of carboxylic acid groups (broad SMARTS) is 1. The molecule has 0 saturated carbocycles. The molecule has 0 aromatic heterocycles. The number of fused-ring (bicyclic) bond motifs is 1. The van der Waals surface area contributed by atoms with Crippen LogP contribution in [0.5, 0.6) is 0 Å². The van der Waals surface area contributed by atoms with Gasteiger partial charge in [0.15, 0.2) is 0 Å². The van der Waals surface area contributed by atoms with E-state index in [1.165, 1.54) is 16.7 Å². The topological polar surface area (TPSA) is 157 Å². The Morgan fingerprint density at radius 1 is 0.976 bits per heavy atom. The van der Waals surface area contributed by atoms with E-state index < -0.39 is 46.7 Å². The number of hydrogen-bond donors (Lipinski definition) is 5. The van der Waals surface area contributed by atoms with E-state index in [-0.39, 0.29) is 36.7 Å². The first kappa shape index (κ1) is 29.9. The Morgan fingerprint density at radius 3 is 2.20 bits per heavy atom. The van der Waals surface area contributed by atoms with E-state index in [0.717, 1.165) is 5.56 Å². The molecular formula is C29H35N5O6S. The lowest BCUT2D eigenvalue weighted by Gasteiger charge is -2.37. The number of benzene rings is 2. The number of amides is 5. The number of urea groups is 1. The smallest absolute Gasteiger partial charge is 0.327 e. The fourth-order valence-corrected chi connectivity index (χ4v) is 6.77. The maximum atomic E-state index is 13.6. The van der Waals surface area contributed by atoms with Gasteiger partial charge < -0.3 is 31.3 Å². The van der Waals surface area contributed by atoms with Gasteiger partial charge in [0.05, 0.1) is 16.5 Å². The van der Waals surface area contributed by atoms with Gasteiger partial charge in [-0.3, -0.25) is 14.4 Å². The quantitative estimate of drug-likeness (QED) is 0.253. The molecule has 1 unspecified atom stereocenters. The highest BCUT2D eigenvalue weighted by molar-refractivity contribution is 8.01. The van der Waals surface area contributed by atoms with E-state index in [1.54, 1.807) is 51.1 Å².